The van der Waals surface area contributed by atoms with E-state index in [0.29, 0.717) is 23.3 Å². The van der Waals surface area contributed by atoms with Crippen molar-refractivity contribution in [1.29, 1.82) is 0 Å². The fourth-order valence-electron chi connectivity index (χ4n) is 1.94. The lowest BCUT2D eigenvalue weighted by molar-refractivity contribution is 0.0775. The first-order valence-corrected chi connectivity index (χ1v) is 7.18. The van der Waals surface area contributed by atoms with Gasteiger partial charge in [0.1, 0.15) is 5.76 Å². The summed E-state index contributed by atoms with van der Waals surface area (Å²) in [5.74, 6) is 0.712. The van der Waals surface area contributed by atoms with Crippen molar-refractivity contribution in [3.8, 4) is 0 Å². The van der Waals surface area contributed by atoms with Crippen LogP contribution >= 0.6 is 15.9 Å². The van der Waals surface area contributed by atoms with E-state index in [0.717, 1.165) is 17.7 Å². The van der Waals surface area contributed by atoms with Crippen molar-refractivity contribution in [2.24, 2.45) is 5.73 Å². The van der Waals surface area contributed by atoms with Gasteiger partial charge in [-0.1, -0.05) is 12.1 Å². The zero-order chi connectivity index (χ0) is 14.5. The van der Waals surface area contributed by atoms with Gasteiger partial charge in [-0.3, -0.25) is 4.79 Å². The van der Waals surface area contributed by atoms with E-state index in [1.807, 2.05) is 36.4 Å². The summed E-state index contributed by atoms with van der Waals surface area (Å²) < 4.78 is 6.07. The van der Waals surface area contributed by atoms with Crippen molar-refractivity contribution in [1.82, 2.24) is 4.90 Å². The molecule has 0 unspecified atom stereocenters. The maximum atomic E-state index is 12.3. The van der Waals surface area contributed by atoms with Gasteiger partial charge in [-0.15, -0.1) is 0 Å². The monoisotopic (exact) mass is 336 g/mol. The van der Waals surface area contributed by atoms with E-state index >= 15 is 0 Å². The van der Waals surface area contributed by atoms with Crippen molar-refractivity contribution in [2.45, 2.75) is 13.0 Å². The first-order valence-electron chi connectivity index (χ1n) is 6.39. The van der Waals surface area contributed by atoms with E-state index < -0.39 is 0 Å². The summed E-state index contributed by atoms with van der Waals surface area (Å²) in [6.45, 7) is 1.05. The highest BCUT2D eigenvalue weighted by atomic mass is 79.9. The fraction of sp³-hybridized carbons (Fsp3) is 0.267. The zero-order valence-electron chi connectivity index (χ0n) is 11.3. The second-order valence-corrected chi connectivity index (χ2v) is 5.38. The molecule has 1 amide bonds. The highest BCUT2D eigenvalue weighted by molar-refractivity contribution is 9.10. The van der Waals surface area contributed by atoms with Gasteiger partial charge in [-0.2, -0.15) is 0 Å². The Hall–Kier alpha value is -1.59. The van der Waals surface area contributed by atoms with Crippen LogP contribution in [0.25, 0.3) is 0 Å². The van der Waals surface area contributed by atoms with Crippen LogP contribution < -0.4 is 5.73 Å². The van der Waals surface area contributed by atoms with E-state index in [1.54, 1.807) is 11.9 Å². The molecular formula is C15H17BrN2O2. The Morgan fingerprint density at radius 3 is 2.50 bits per heavy atom. The highest BCUT2D eigenvalue weighted by Crippen LogP contribution is 2.16. The Balaban J connectivity index is 2.02. The predicted molar refractivity (Wildman–Crippen MR) is 81.4 cm³/mol. The van der Waals surface area contributed by atoms with Crippen LogP contribution in [0.2, 0.25) is 0 Å². The molecule has 0 spiro atoms. The lowest BCUT2D eigenvalue weighted by Crippen LogP contribution is -2.25. The summed E-state index contributed by atoms with van der Waals surface area (Å²) in [4.78, 5) is 13.9. The average Bonchev–Trinajstić information content (AvgIpc) is 2.84. The van der Waals surface area contributed by atoms with Crippen LogP contribution in [0.1, 0.15) is 21.7 Å². The summed E-state index contributed by atoms with van der Waals surface area (Å²) in [7, 11) is 1.76. The number of furan rings is 1. The quantitative estimate of drug-likeness (QED) is 0.913. The topological polar surface area (TPSA) is 59.5 Å². The molecule has 106 valence electrons. The smallest absolute Gasteiger partial charge is 0.254 e. The largest absolute Gasteiger partial charge is 0.452 e. The van der Waals surface area contributed by atoms with Crippen LogP contribution in [-0.4, -0.2) is 24.4 Å². The maximum Gasteiger partial charge on any atom is 0.254 e. The van der Waals surface area contributed by atoms with Gasteiger partial charge in [0, 0.05) is 12.6 Å². The van der Waals surface area contributed by atoms with Gasteiger partial charge in [0.2, 0.25) is 0 Å². The fourth-order valence-corrected chi connectivity index (χ4v) is 2.28. The van der Waals surface area contributed by atoms with Crippen LogP contribution in [0.3, 0.4) is 0 Å². The van der Waals surface area contributed by atoms with Gasteiger partial charge in [0.25, 0.3) is 5.91 Å². The summed E-state index contributed by atoms with van der Waals surface area (Å²) >= 11 is 3.25. The molecule has 0 bridgehead atoms. The summed E-state index contributed by atoms with van der Waals surface area (Å²) in [5.41, 5.74) is 7.31. The third-order valence-corrected chi connectivity index (χ3v) is 3.43. The number of amides is 1. The first-order chi connectivity index (χ1) is 9.60. The molecule has 1 aromatic heterocycles. The highest BCUT2D eigenvalue weighted by Gasteiger charge is 2.13. The lowest BCUT2D eigenvalue weighted by atomic mass is 10.1. The molecule has 4 nitrogen and oxygen atoms in total. The van der Waals surface area contributed by atoms with Crippen molar-refractivity contribution in [2.75, 3.05) is 13.6 Å². The molecule has 0 aliphatic rings. The van der Waals surface area contributed by atoms with Gasteiger partial charge >= 0.3 is 0 Å². The van der Waals surface area contributed by atoms with Crippen LogP contribution in [0.5, 0.6) is 0 Å². The molecule has 2 aromatic rings. The number of rotatable bonds is 5. The summed E-state index contributed by atoms with van der Waals surface area (Å²) in [6.07, 6.45) is 0.824. The Bertz CT molecular complexity index is 578. The number of benzene rings is 1. The van der Waals surface area contributed by atoms with Crippen LogP contribution in [-0.2, 0) is 13.0 Å². The number of nitrogens with two attached hydrogens (primary N) is 1. The molecular weight excluding hydrogens is 320 g/mol. The van der Waals surface area contributed by atoms with Crippen molar-refractivity contribution >= 4 is 21.8 Å². The molecule has 0 saturated carbocycles. The molecule has 1 aromatic carbocycles. The number of carbonyl (C=O) groups is 1. The van der Waals surface area contributed by atoms with E-state index in [4.69, 9.17) is 10.2 Å². The van der Waals surface area contributed by atoms with Crippen LogP contribution in [0, 0.1) is 0 Å². The first kappa shape index (κ1) is 14.8. The molecule has 20 heavy (non-hydrogen) atoms. The predicted octanol–water partition coefficient (Wildman–Crippen LogP) is 2.82. The van der Waals surface area contributed by atoms with Crippen molar-refractivity contribution in [3.63, 3.8) is 0 Å². The molecule has 0 radical (unpaired) electrons. The normalized spacial score (nSPS) is 10.6. The third-order valence-electron chi connectivity index (χ3n) is 3.00. The molecule has 0 aliphatic heterocycles. The molecule has 0 atom stereocenters. The molecule has 1 heterocycles. The number of hydrogen-bond acceptors (Lipinski definition) is 3. The molecule has 0 aliphatic carbocycles. The van der Waals surface area contributed by atoms with Crippen molar-refractivity contribution < 1.29 is 9.21 Å². The number of nitrogens with zero attached hydrogens (tertiary/aromatic N) is 1. The summed E-state index contributed by atoms with van der Waals surface area (Å²) in [6, 6.07) is 11.2. The Kier molecular flexibility index (Phi) is 4.98. The SMILES string of the molecule is CN(Cc1ccc(Br)o1)C(=O)c1ccc(CCN)cc1. The maximum absolute atomic E-state index is 12.3. The second-order valence-electron chi connectivity index (χ2n) is 4.60. The van der Waals surface area contributed by atoms with Gasteiger partial charge in [-0.05, 0) is 58.7 Å². The van der Waals surface area contributed by atoms with Gasteiger partial charge < -0.3 is 15.1 Å². The Morgan fingerprint density at radius 1 is 1.25 bits per heavy atom. The standard InChI is InChI=1S/C15H17BrN2O2/c1-18(10-13-6-7-14(16)20-13)15(19)12-4-2-11(3-5-12)8-9-17/h2-7H,8-10,17H2,1H3. The third kappa shape index (κ3) is 3.71. The average molecular weight is 337 g/mol. The van der Waals surface area contributed by atoms with E-state index in [2.05, 4.69) is 15.9 Å². The molecule has 0 fully saturated rings. The lowest BCUT2D eigenvalue weighted by Gasteiger charge is -2.16. The van der Waals surface area contributed by atoms with Crippen molar-refractivity contribution in [3.05, 3.63) is 58.0 Å². The molecule has 5 heteroatoms. The Labute approximate surface area is 126 Å². The summed E-state index contributed by atoms with van der Waals surface area (Å²) in [5, 5.41) is 0. The second kappa shape index (κ2) is 6.72. The van der Waals surface area contributed by atoms with Crippen LogP contribution in [0.15, 0.2) is 45.5 Å². The van der Waals surface area contributed by atoms with E-state index in [-0.39, 0.29) is 5.91 Å². The minimum absolute atomic E-state index is 0.0307. The minimum atomic E-state index is -0.0307. The zero-order valence-corrected chi connectivity index (χ0v) is 12.9. The molecule has 2 rings (SSSR count). The van der Waals surface area contributed by atoms with Gasteiger partial charge in [-0.25, -0.2) is 0 Å². The minimum Gasteiger partial charge on any atom is -0.452 e. The number of carbonyl (C=O) groups excluding carboxylic acids is 1. The number of halogens is 1. The van der Waals surface area contributed by atoms with Gasteiger partial charge in [0.15, 0.2) is 4.67 Å². The van der Waals surface area contributed by atoms with Crippen LogP contribution in [0.4, 0.5) is 0 Å². The molecule has 0 saturated heterocycles. The van der Waals surface area contributed by atoms with E-state index in [9.17, 15) is 4.79 Å². The van der Waals surface area contributed by atoms with Gasteiger partial charge in [0.05, 0.1) is 6.54 Å². The number of hydrogen-bond donors (Lipinski definition) is 1. The van der Waals surface area contributed by atoms with E-state index in [1.165, 1.54) is 0 Å². The molecule has 2 N–H and O–H groups in total. The Morgan fingerprint density at radius 2 is 1.95 bits per heavy atom.